The van der Waals surface area contributed by atoms with Crippen LogP contribution in [0.2, 0.25) is 0 Å². The summed E-state index contributed by atoms with van der Waals surface area (Å²) in [5.74, 6) is -0.0190. The molecule has 10 heteroatoms. The van der Waals surface area contributed by atoms with Gasteiger partial charge < -0.3 is 14.8 Å². The number of carbonyl (C=O) groups excluding carboxylic acids is 1. The first-order chi connectivity index (χ1) is 16.9. The van der Waals surface area contributed by atoms with E-state index < -0.39 is 15.9 Å². The maximum atomic E-state index is 13.1. The van der Waals surface area contributed by atoms with Crippen LogP contribution in [0.1, 0.15) is 17.3 Å². The SMILES string of the molecule is CCN(c1ccccc1)S(=O)(=O)c1ccc(NC(=S)NC(=O)c2ccccc2OCCOC)cc1. The molecule has 8 nitrogen and oxygen atoms in total. The fraction of sp³-hybridized carbons (Fsp3) is 0.200. The van der Waals surface area contributed by atoms with Gasteiger partial charge in [0.25, 0.3) is 15.9 Å². The van der Waals surface area contributed by atoms with Gasteiger partial charge in [0.15, 0.2) is 5.11 Å². The van der Waals surface area contributed by atoms with Crippen LogP contribution < -0.4 is 19.7 Å². The van der Waals surface area contributed by atoms with Crippen molar-refractivity contribution in [1.82, 2.24) is 5.32 Å². The number of hydrogen-bond donors (Lipinski definition) is 2. The van der Waals surface area contributed by atoms with Crippen LogP contribution in [0.25, 0.3) is 0 Å². The van der Waals surface area contributed by atoms with Gasteiger partial charge >= 0.3 is 0 Å². The third kappa shape index (κ3) is 6.78. The molecule has 3 aromatic carbocycles. The first-order valence-corrected chi connectivity index (χ1v) is 12.7. The van der Waals surface area contributed by atoms with Crippen molar-refractivity contribution in [3.05, 3.63) is 84.4 Å². The fourth-order valence-corrected chi connectivity index (χ4v) is 4.96. The van der Waals surface area contributed by atoms with E-state index in [1.165, 1.54) is 16.4 Å². The summed E-state index contributed by atoms with van der Waals surface area (Å²) in [6, 6.07) is 21.9. The van der Waals surface area contributed by atoms with Gasteiger partial charge in [-0.2, -0.15) is 0 Å². The van der Waals surface area contributed by atoms with Crippen LogP contribution in [0, 0.1) is 0 Å². The van der Waals surface area contributed by atoms with Gasteiger partial charge in [0.05, 0.1) is 22.8 Å². The quantitative estimate of drug-likeness (QED) is 0.312. The number of thiocarbonyl (C=S) groups is 1. The number of hydrogen-bond acceptors (Lipinski definition) is 6. The Labute approximate surface area is 210 Å². The number of nitrogens with one attached hydrogen (secondary N) is 2. The summed E-state index contributed by atoms with van der Waals surface area (Å²) in [5, 5.41) is 5.58. The van der Waals surface area contributed by atoms with E-state index in [0.717, 1.165) is 0 Å². The van der Waals surface area contributed by atoms with Crippen LogP contribution >= 0.6 is 12.2 Å². The highest BCUT2D eigenvalue weighted by atomic mass is 32.2. The number of anilines is 2. The second-order valence-electron chi connectivity index (χ2n) is 7.28. The molecule has 0 aliphatic carbocycles. The molecule has 0 unspecified atom stereocenters. The Balaban J connectivity index is 1.66. The lowest BCUT2D eigenvalue weighted by molar-refractivity contribution is 0.0970. The van der Waals surface area contributed by atoms with E-state index in [1.807, 2.05) is 6.07 Å². The van der Waals surface area contributed by atoms with Gasteiger partial charge in [-0.1, -0.05) is 30.3 Å². The van der Waals surface area contributed by atoms with Crippen LogP contribution in [-0.2, 0) is 14.8 Å². The van der Waals surface area contributed by atoms with Gasteiger partial charge in [-0.05, 0) is 67.7 Å². The van der Waals surface area contributed by atoms with Gasteiger partial charge in [-0.25, -0.2) is 8.42 Å². The summed E-state index contributed by atoms with van der Waals surface area (Å²) in [5.41, 5.74) is 1.45. The topological polar surface area (TPSA) is 97.0 Å². The highest BCUT2D eigenvalue weighted by Crippen LogP contribution is 2.24. The van der Waals surface area contributed by atoms with E-state index in [9.17, 15) is 13.2 Å². The first-order valence-electron chi connectivity index (χ1n) is 10.9. The number of sulfonamides is 1. The summed E-state index contributed by atoms with van der Waals surface area (Å²) < 4.78 is 38.2. The van der Waals surface area contributed by atoms with Crippen molar-refractivity contribution in [2.24, 2.45) is 0 Å². The molecule has 0 saturated heterocycles. The zero-order valence-corrected chi connectivity index (χ0v) is 21.1. The summed E-state index contributed by atoms with van der Waals surface area (Å²) in [6.07, 6.45) is 0. The minimum Gasteiger partial charge on any atom is -0.490 e. The molecule has 184 valence electrons. The molecule has 0 aliphatic heterocycles. The third-order valence-electron chi connectivity index (χ3n) is 4.94. The number of nitrogens with zero attached hydrogens (tertiary/aromatic N) is 1. The van der Waals surface area contributed by atoms with Crippen molar-refractivity contribution in [3.8, 4) is 5.75 Å². The molecule has 0 atom stereocenters. The predicted molar refractivity (Wildman–Crippen MR) is 141 cm³/mol. The molecular formula is C25H27N3O5S2. The van der Waals surface area contributed by atoms with Crippen molar-refractivity contribution in [2.45, 2.75) is 11.8 Å². The molecule has 1 amide bonds. The van der Waals surface area contributed by atoms with Crippen molar-refractivity contribution in [1.29, 1.82) is 0 Å². The van der Waals surface area contributed by atoms with Crippen LogP contribution in [0.15, 0.2) is 83.8 Å². The highest BCUT2D eigenvalue weighted by Gasteiger charge is 2.23. The molecule has 0 aromatic heterocycles. The average molecular weight is 514 g/mol. The maximum absolute atomic E-state index is 13.1. The second-order valence-corrected chi connectivity index (χ2v) is 9.55. The number of amides is 1. The molecule has 0 saturated carbocycles. The Morgan fingerprint density at radius 1 is 0.943 bits per heavy atom. The average Bonchev–Trinajstić information content (AvgIpc) is 2.85. The number of rotatable bonds is 10. The monoisotopic (exact) mass is 513 g/mol. The van der Waals surface area contributed by atoms with Crippen LogP contribution in [0.4, 0.5) is 11.4 Å². The van der Waals surface area contributed by atoms with Gasteiger partial charge in [0.2, 0.25) is 0 Å². The van der Waals surface area contributed by atoms with Crippen molar-refractivity contribution in [2.75, 3.05) is 36.5 Å². The van der Waals surface area contributed by atoms with Crippen molar-refractivity contribution < 1.29 is 22.7 Å². The van der Waals surface area contributed by atoms with Crippen LogP contribution in [0.3, 0.4) is 0 Å². The number of benzene rings is 3. The molecular weight excluding hydrogens is 486 g/mol. The standard InChI is InChI=1S/C25H27N3O5S2/c1-3-28(20-9-5-4-6-10-20)35(30,31)21-15-13-19(14-16-21)26-25(34)27-24(29)22-11-7-8-12-23(22)33-18-17-32-2/h4-16H,3,17-18H2,1-2H3,(H2,26,27,29,34). The number of methoxy groups -OCH3 is 1. The van der Waals surface area contributed by atoms with Gasteiger partial charge in [0.1, 0.15) is 12.4 Å². The summed E-state index contributed by atoms with van der Waals surface area (Å²) in [7, 11) is -2.17. The third-order valence-corrected chi connectivity index (χ3v) is 7.06. The van der Waals surface area contributed by atoms with Crippen molar-refractivity contribution in [3.63, 3.8) is 0 Å². The molecule has 0 fully saturated rings. The Hall–Kier alpha value is -3.47. The first kappa shape index (κ1) is 26.1. The van der Waals surface area contributed by atoms with E-state index >= 15 is 0 Å². The van der Waals surface area contributed by atoms with Gasteiger partial charge in [-0.3, -0.25) is 14.4 Å². The van der Waals surface area contributed by atoms with E-state index in [1.54, 1.807) is 74.7 Å². The molecule has 0 radical (unpaired) electrons. The molecule has 0 bridgehead atoms. The molecule has 3 rings (SSSR count). The Morgan fingerprint density at radius 3 is 2.26 bits per heavy atom. The van der Waals surface area contributed by atoms with Crippen molar-refractivity contribution >= 4 is 44.6 Å². The van der Waals surface area contributed by atoms with E-state index in [2.05, 4.69) is 10.6 Å². The maximum Gasteiger partial charge on any atom is 0.264 e. The molecule has 3 aromatic rings. The highest BCUT2D eigenvalue weighted by molar-refractivity contribution is 7.92. The molecule has 0 aliphatic rings. The lowest BCUT2D eigenvalue weighted by Crippen LogP contribution is -2.34. The molecule has 2 N–H and O–H groups in total. The smallest absolute Gasteiger partial charge is 0.264 e. The summed E-state index contributed by atoms with van der Waals surface area (Å²) in [6.45, 7) is 2.77. The van der Waals surface area contributed by atoms with Gasteiger partial charge in [0, 0.05) is 19.3 Å². The predicted octanol–water partition coefficient (Wildman–Crippen LogP) is 4.05. The van der Waals surface area contributed by atoms with Crippen LogP contribution in [-0.4, -0.2) is 46.3 Å². The summed E-state index contributed by atoms with van der Waals surface area (Å²) >= 11 is 5.26. The Kier molecular flexibility index (Phi) is 9.18. The second kappa shape index (κ2) is 12.3. The molecule has 0 heterocycles. The molecule has 0 spiro atoms. The number of carbonyl (C=O) groups is 1. The van der Waals surface area contributed by atoms with Crippen LogP contribution in [0.5, 0.6) is 5.75 Å². The van der Waals surface area contributed by atoms with E-state index in [4.69, 9.17) is 21.7 Å². The summed E-state index contributed by atoms with van der Waals surface area (Å²) in [4.78, 5) is 12.8. The normalized spacial score (nSPS) is 10.9. The number of para-hydroxylation sites is 2. The van der Waals surface area contributed by atoms with E-state index in [-0.39, 0.29) is 10.0 Å². The zero-order valence-electron chi connectivity index (χ0n) is 19.4. The van der Waals surface area contributed by atoms with E-state index in [0.29, 0.717) is 42.4 Å². The molecule has 35 heavy (non-hydrogen) atoms. The Morgan fingerprint density at radius 2 is 1.60 bits per heavy atom. The zero-order chi connectivity index (χ0) is 25.3. The van der Waals surface area contributed by atoms with Gasteiger partial charge in [-0.15, -0.1) is 0 Å². The largest absolute Gasteiger partial charge is 0.490 e. The fourth-order valence-electron chi connectivity index (χ4n) is 3.27. The number of ether oxygens (including phenoxy) is 2. The lowest BCUT2D eigenvalue weighted by atomic mass is 10.2. The lowest BCUT2D eigenvalue weighted by Gasteiger charge is -2.23. The minimum atomic E-state index is -3.74. The minimum absolute atomic E-state index is 0.0665. The Bertz CT molecular complexity index is 1250.